The number of aliphatic hydroxyl groups is 1. The van der Waals surface area contributed by atoms with Crippen LogP contribution in [-0.4, -0.2) is 93.6 Å². The summed E-state index contributed by atoms with van der Waals surface area (Å²) in [5, 5.41) is 61.8. The number of aldehydes is 1. The highest BCUT2D eigenvalue weighted by atomic mass is 35.5. The molecule has 1 atom stereocenters. The van der Waals surface area contributed by atoms with Gasteiger partial charge in [-0.05, 0) is 42.5 Å². The van der Waals surface area contributed by atoms with Crippen molar-refractivity contribution in [3.05, 3.63) is 253 Å². The highest BCUT2D eigenvalue weighted by molar-refractivity contribution is 6.31. The maximum Gasteiger partial charge on any atom is 0.361 e. The van der Waals surface area contributed by atoms with E-state index < -0.39 is 66.1 Å². The van der Waals surface area contributed by atoms with Crippen LogP contribution in [0.3, 0.4) is 0 Å². The van der Waals surface area contributed by atoms with E-state index in [4.69, 9.17) is 51.5 Å². The van der Waals surface area contributed by atoms with Gasteiger partial charge in [-0.15, -0.1) is 0 Å². The fourth-order valence-electron chi connectivity index (χ4n) is 5.42. The first kappa shape index (κ1) is 58.0. The molecule has 75 heavy (non-hydrogen) atoms. The van der Waals surface area contributed by atoms with Crippen molar-refractivity contribution in [2.24, 2.45) is 0 Å². The number of carboxylic acids is 1. The molecule has 0 aliphatic rings. The Morgan fingerprint density at radius 2 is 0.853 bits per heavy atom. The van der Waals surface area contributed by atoms with Gasteiger partial charge in [0.1, 0.15) is 6.10 Å². The van der Waals surface area contributed by atoms with Gasteiger partial charge in [0.25, 0.3) is 17.1 Å². The number of hydrogen-bond donors (Lipinski definition) is 2. The van der Waals surface area contributed by atoms with Crippen LogP contribution >= 0.6 is 46.4 Å². The number of rotatable bonds is 12. The van der Waals surface area contributed by atoms with Crippen molar-refractivity contribution in [2.45, 2.75) is 6.10 Å². The van der Waals surface area contributed by atoms with Gasteiger partial charge >= 0.3 is 11.7 Å². The van der Waals surface area contributed by atoms with Crippen molar-refractivity contribution >= 4 is 93.0 Å². The molecule has 0 aliphatic carbocycles. The highest BCUT2D eigenvalue weighted by Gasteiger charge is 2.26. The highest BCUT2D eigenvalue weighted by Crippen LogP contribution is 2.30. The van der Waals surface area contributed by atoms with Gasteiger partial charge in [-0.2, -0.15) is 0 Å². The molecule has 8 rings (SSSR count). The molecule has 0 bridgehead atoms. The second kappa shape index (κ2) is 28.4. The summed E-state index contributed by atoms with van der Waals surface area (Å²) in [7, 11) is 0. The number of pyridine rings is 8. The summed E-state index contributed by atoms with van der Waals surface area (Å²) in [5.41, 5.74) is -1.44. The molecule has 380 valence electrons. The number of hydrogen-bond acceptors (Lipinski definition) is 21. The second-order valence-electron chi connectivity index (χ2n) is 13.7. The lowest BCUT2D eigenvalue weighted by molar-refractivity contribution is -0.386. The van der Waals surface area contributed by atoms with E-state index in [0.29, 0.717) is 11.1 Å². The second-order valence-corrected chi connectivity index (χ2v) is 15.4. The van der Waals surface area contributed by atoms with Crippen LogP contribution in [0.25, 0.3) is 0 Å². The maximum atomic E-state index is 12.0. The van der Waals surface area contributed by atoms with Crippen LogP contribution in [0.1, 0.15) is 70.3 Å². The van der Waals surface area contributed by atoms with E-state index in [-0.39, 0.29) is 54.0 Å². The zero-order valence-electron chi connectivity index (χ0n) is 37.2. The average molecular weight is 1100 g/mol. The number of nitrogens with zero attached hydrogens (tertiary/aromatic N) is 12. The molecule has 0 amide bonds. The van der Waals surface area contributed by atoms with Crippen molar-refractivity contribution < 1.29 is 49.1 Å². The molecule has 8 aromatic rings. The number of carboxylic acid groups (broad SMARTS) is 1. The minimum atomic E-state index is -1.46. The summed E-state index contributed by atoms with van der Waals surface area (Å²) in [4.78, 5) is 114. The summed E-state index contributed by atoms with van der Waals surface area (Å²) < 4.78 is 0. The van der Waals surface area contributed by atoms with Crippen molar-refractivity contribution in [3.8, 4) is 0 Å². The summed E-state index contributed by atoms with van der Waals surface area (Å²) in [6, 6.07) is 17.1. The van der Waals surface area contributed by atoms with Gasteiger partial charge in [0, 0.05) is 121 Å². The van der Waals surface area contributed by atoms with Crippen LogP contribution in [0, 0.1) is 40.5 Å². The molecule has 2 N–H and O–H groups in total. The fraction of sp³-hybridized carbons (Fsp3) is 0.0222. The lowest BCUT2D eigenvalue weighted by Crippen LogP contribution is -2.08. The molecule has 26 nitrogen and oxygen atoms in total. The van der Waals surface area contributed by atoms with Gasteiger partial charge in [-0.1, -0.05) is 52.5 Å². The number of aliphatic hydroxyl groups excluding tert-OH is 1. The lowest BCUT2D eigenvalue weighted by Gasteiger charge is -2.10. The van der Waals surface area contributed by atoms with E-state index in [1.54, 1.807) is 48.8 Å². The number of carbonyl (C=O) groups is 4. The monoisotopic (exact) mass is 1100 g/mol. The van der Waals surface area contributed by atoms with Gasteiger partial charge in [-0.3, -0.25) is 74.8 Å². The number of ketones is 2. The fourth-order valence-corrected chi connectivity index (χ4v) is 6.03. The molecule has 8 heterocycles. The van der Waals surface area contributed by atoms with E-state index in [1.807, 2.05) is 0 Å². The van der Waals surface area contributed by atoms with Crippen molar-refractivity contribution in [2.75, 3.05) is 0 Å². The molecule has 0 aromatic carbocycles. The topological polar surface area (TPSA) is 384 Å². The average Bonchev–Trinajstić information content (AvgIpc) is 3.41. The number of halogens is 4. The van der Waals surface area contributed by atoms with Crippen LogP contribution in [0.5, 0.6) is 0 Å². The number of carbonyl (C=O) groups excluding carboxylic acids is 3. The van der Waals surface area contributed by atoms with Gasteiger partial charge in [0.2, 0.25) is 17.3 Å². The Bertz CT molecular complexity index is 3250. The van der Waals surface area contributed by atoms with Gasteiger partial charge in [0.05, 0.1) is 39.8 Å². The summed E-state index contributed by atoms with van der Waals surface area (Å²) in [6.45, 7) is 0. The van der Waals surface area contributed by atoms with Crippen LogP contribution < -0.4 is 0 Å². The minimum Gasteiger partial charge on any atom is -0.476 e. The Hall–Kier alpha value is -9.60. The molecular formula is C45H28Cl4N12O14. The molecule has 8 aromatic heterocycles. The normalized spacial score (nSPS) is 10.3. The smallest absolute Gasteiger partial charge is 0.361 e. The number of aromatic carboxylic acids is 1. The van der Waals surface area contributed by atoms with Crippen LogP contribution in [0.4, 0.5) is 22.7 Å². The van der Waals surface area contributed by atoms with E-state index in [9.17, 15) is 64.7 Å². The standard InChI is InChI=1S/C11H8ClN3O3.2C11H6ClN3O3.C6H3ClN2O4.C6H5NO/c3*12-8-4-9(15(17)18)10(14-6-8)11(16)7-2-1-3-13-5-7;7-3-1-4(9(12)13)5(6(10)11)8-2-3;8-5-6-2-1-3-7-4-6/h1-6,11,16H;2*1-6H;1-2H,(H,10,11);1-5H. The van der Waals surface area contributed by atoms with Crippen LogP contribution in [0.15, 0.2) is 147 Å². The van der Waals surface area contributed by atoms with Crippen LogP contribution in [0.2, 0.25) is 20.1 Å². The maximum absolute atomic E-state index is 12.0. The van der Waals surface area contributed by atoms with Crippen molar-refractivity contribution in [1.29, 1.82) is 0 Å². The Kier molecular flexibility index (Phi) is 22.0. The van der Waals surface area contributed by atoms with Crippen molar-refractivity contribution in [1.82, 2.24) is 39.9 Å². The number of aromatic nitrogens is 8. The predicted octanol–water partition coefficient (Wildman–Crippen LogP) is 8.89. The zero-order valence-corrected chi connectivity index (χ0v) is 40.2. The Morgan fingerprint density at radius 1 is 0.493 bits per heavy atom. The molecule has 0 aliphatic heterocycles. The predicted molar refractivity (Wildman–Crippen MR) is 264 cm³/mol. The lowest BCUT2D eigenvalue weighted by atomic mass is 10.1. The van der Waals surface area contributed by atoms with Gasteiger partial charge in [-0.25, -0.2) is 24.7 Å². The Balaban J connectivity index is 0.000000207. The molecule has 1 unspecified atom stereocenters. The molecule has 30 heteroatoms. The summed E-state index contributed by atoms with van der Waals surface area (Å²) in [6.07, 6.45) is 16.0. The third-order valence-corrected chi connectivity index (χ3v) is 9.54. The SMILES string of the molecule is O=C(O)c1ncc(Cl)cc1[N+](=O)[O-].O=C(c1cccnc1)c1ncc(Cl)cc1[N+](=O)[O-].O=C(c1cccnc1)c1ncc(Cl)cc1[N+](=O)[O-].O=Cc1cccnc1.O=[N+]([O-])c1cc(Cl)cnc1C(O)c1cccnc1. The molecule has 0 spiro atoms. The first-order valence-electron chi connectivity index (χ1n) is 20.0. The third-order valence-electron chi connectivity index (χ3n) is 8.71. The quantitative estimate of drug-likeness (QED) is 0.0498. The molecule has 0 radical (unpaired) electrons. The molecular weight excluding hydrogens is 1070 g/mol. The van der Waals surface area contributed by atoms with Gasteiger partial charge < -0.3 is 10.2 Å². The van der Waals surface area contributed by atoms with E-state index in [1.165, 1.54) is 67.9 Å². The zero-order chi connectivity index (χ0) is 55.2. The summed E-state index contributed by atoms with van der Waals surface area (Å²) >= 11 is 22.3. The third kappa shape index (κ3) is 17.3. The Labute approximate surface area is 438 Å². The molecule has 0 saturated carbocycles. The van der Waals surface area contributed by atoms with Gasteiger partial charge in [0.15, 0.2) is 23.4 Å². The first-order valence-corrected chi connectivity index (χ1v) is 21.5. The molecule has 0 fully saturated rings. The van der Waals surface area contributed by atoms with Crippen LogP contribution in [-0.2, 0) is 0 Å². The van der Waals surface area contributed by atoms with E-state index in [2.05, 4.69) is 39.9 Å². The molecule has 0 saturated heterocycles. The number of nitro groups is 4. The van der Waals surface area contributed by atoms with Crippen molar-refractivity contribution in [3.63, 3.8) is 0 Å². The largest absolute Gasteiger partial charge is 0.476 e. The van der Waals surface area contributed by atoms with E-state index >= 15 is 0 Å². The summed E-state index contributed by atoms with van der Waals surface area (Å²) in [5.74, 6) is -2.58. The van der Waals surface area contributed by atoms with E-state index in [0.717, 1.165) is 36.7 Å². The Morgan fingerprint density at radius 3 is 1.19 bits per heavy atom. The minimum absolute atomic E-state index is 0.0247. The first-order chi connectivity index (χ1) is 35.7.